The lowest BCUT2D eigenvalue weighted by atomic mass is 9.69. The van der Waals surface area contributed by atoms with Gasteiger partial charge in [-0.3, -0.25) is 4.90 Å². The molecule has 1 aromatic carbocycles. The third-order valence-corrected chi connectivity index (χ3v) is 4.96. The number of nitrogens with zero attached hydrogens (tertiary/aromatic N) is 1. The Morgan fingerprint density at radius 1 is 1.05 bits per heavy atom. The van der Waals surface area contributed by atoms with Gasteiger partial charge < -0.3 is 5.11 Å². The predicted molar refractivity (Wildman–Crippen MR) is 89.2 cm³/mol. The molecule has 0 bridgehead atoms. The molecular formula is C19H31NO. The zero-order valence-electron chi connectivity index (χ0n) is 14.5. The van der Waals surface area contributed by atoms with Gasteiger partial charge in [0.15, 0.2) is 0 Å². The van der Waals surface area contributed by atoms with Crippen molar-refractivity contribution in [2.24, 2.45) is 11.3 Å². The van der Waals surface area contributed by atoms with Crippen LogP contribution in [0, 0.1) is 11.3 Å². The first-order chi connectivity index (χ1) is 9.52. The summed E-state index contributed by atoms with van der Waals surface area (Å²) in [6.45, 7) is 15.4. The van der Waals surface area contributed by atoms with E-state index >= 15 is 0 Å². The molecule has 0 radical (unpaired) electrons. The molecule has 1 N–H and O–H groups in total. The minimum Gasteiger partial charge on any atom is -0.384 e. The van der Waals surface area contributed by atoms with Crippen molar-refractivity contribution in [1.82, 2.24) is 4.90 Å². The number of β-amino-alcohol motifs (C(OH)–C–C–N with tert-alkyl or cyclic N) is 1. The molecule has 1 aliphatic heterocycles. The lowest BCUT2D eigenvalue weighted by Gasteiger charge is -2.52. The summed E-state index contributed by atoms with van der Waals surface area (Å²) < 4.78 is 0. The number of hydrogen-bond acceptors (Lipinski definition) is 2. The molecule has 2 rings (SSSR count). The van der Waals surface area contributed by atoms with Crippen molar-refractivity contribution in [2.75, 3.05) is 13.1 Å². The van der Waals surface area contributed by atoms with E-state index in [1.165, 1.54) is 0 Å². The Hall–Kier alpha value is -0.860. The van der Waals surface area contributed by atoms with Crippen LogP contribution in [0.25, 0.3) is 0 Å². The summed E-state index contributed by atoms with van der Waals surface area (Å²) in [5.41, 5.74) is 0.581. The van der Waals surface area contributed by atoms with E-state index in [-0.39, 0.29) is 11.0 Å². The molecule has 1 aromatic rings. The van der Waals surface area contributed by atoms with E-state index in [0.717, 1.165) is 18.5 Å². The van der Waals surface area contributed by atoms with Gasteiger partial charge in [-0.25, -0.2) is 0 Å². The summed E-state index contributed by atoms with van der Waals surface area (Å²) in [6, 6.07) is 10.2. The van der Waals surface area contributed by atoms with Crippen molar-refractivity contribution in [3.63, 3.8) is 0 Å². The van der Waals surface area contributed by atoms with E-state index < -0.39 is 5.60 Å². The Morgan fingerprint density at radius 2 is 1.62 bits per heavy atom. The molecule has 2 nitrogen and oxygen atoms in total. The zero-order valence-corrected chi connectivity index (χ0v) is 14.5. The van der Waals surface area contributed by atoms with Crippen LogP contribution in [0.3, 0.4) is 0 Å². The van der Waals surface area contributed by atoms with Gasteiger partial charge in [0, 0.05) is 18.6 Å². The van der Waals surface area contributed by atoms with Crippen LogP contribution in [0.4, 0.5) is 0 Å². The molecule has 0 saturated carbocycles. The Bertz CT molecular complexity index is 445. The fourth-order valence-electron chi connectivity index (χ4n) is 3.23. The summed E-state index contributed by atoms with van der Waals surface area (Å²) in [5.74, 6) is 0.482. The molecule has 0 aromatic heterocycles. The Balaban J connectivity index is 2.37. The highest BCUT2D eigenvalue weighted by Crippen LogP contribution is 2.43. The quantitative estimate of drug-likeness (QED) is 0.843. The minimum absolute atomic E-state index is 0.0761. The van der Waals surface area contributed by atoms with Crippen LogP contribution in [-0.2, 0) is 5.60 Å². The molecular weight excluding hydrogens is 258 g/mol. The van der Waals surface area contributed by atoms with Crippen LogP contribution >= 0.6 is 0 Å². The van der Waals surface area contributed by atoms with Crippen molar-refractivity contribution in [1.29, 1.82) is 0 Å². The molecule has 2 atom stereocenters. The fourth-order valence-corrected chi connectivity index (χ4v) is 3.23. The first-order valence-electron chi connectivity index (χ1n) is 8.05. The van der Waals surface area contributed by atoms with Gasteiger partial charge in [-0.1, -0.05) is 51.1 Å². The summed E-state index contributed by atoms with van der Waals surface area (Å²) in [6.07, 6.45) is 0.840. The summed E-state index contributed by atoms with van der Waals surface area (Å²) in [5, 5.41) is 11.4. The Morgan fingerprint density at radius 3 is 2.10 bits per heavy atom. The molecule has 0 aliphatic carbocycles. The van der Waals surface area contributed by atoms with Gasteiger partial charge in [0.1, 0.15) is 5.60 Å². The van der Waals surface area contributed by atoms with Crippen molar-refractivity contribution >= 4 is 0 Å². The average Bonchev–Trinajstić information content (AvgIpc) is 2.37. The van der Waals surface area contributed by atoms with Crippen LogP contribution in [0.5, 0.6) is 0 Å². The van der Waals surface area contributed by atoms with E-state index in [1.54, 1.807) is 0 Å². The molecule has 2 heteroatoms. The molecule has 0 spiro atoms. The van der Waals surface area contributed by atoms with Crippen molar-refractivity contribution in [3.8, 4) is 0 Å². The number of piperidine rings is 1. The number of aliphatic hydroxyl groups is 1. The SMILES string of the molecule is CC(C)(C)C1CN(C(C)(C)C)CC(O)(c2ccccc2)C1. The smallest absolute Gasteiger partial charge is 0.103 e. The van der Waals surface area contributed by atoms with E-state index in [0.29, 0.717) is 12.5 Å². The molecule has 1 fully saturated rings. The summed E-state index contributed by atoms with van der Waals surface area (Å²) in [7, 11) is 0. The van der Waals surface area contributed by atoms with Crippen LogP contribution < -0.4 is 0 Å². The molecule has 0 amide bonds. The molecule has 1 aliphatic rings. The average molecular weight is 289 g/mol. The first kappa shape index (κ1) is 16.5. The van der Waals surface area contributed by atoms with Crippen molar-refractivity contribution in [3.05, 3.63) is 35.9 Å². The fraction of sp³-hybridized carbons (Fsp3) is 0.684. The summed E-state index contributed by atoms with van der Waals surface area (Å²) >= 11 is 0. The number of rotatable bonds is 1. The predicted octanol–water partition coefficient (Wildman–Crippen LogP) is 4.04. The molecule has 118 valence electrons. The lowest BCUT2D eigenvalue weighted by Crippen LogP contribution is -2.58. The van der Waals surface area contributed by atoms with Crippen LogP contribution in [0.15, 0.2) is 30.3 Å². The normalized spacial score (nSPS) is 28.6. The van der Waals surface area contributed by atoms with Crippen LogP contribution in [0.1, 0.15) is 53.5 Å². The highest BCUT2D eigenvalue weighted by molar-refractivity contribution is 5.24. The largest absolute Gasteiger partial charge is 0.384 e. The van der Waals surface area contributed by atoms with E-state index in [1.807, 2.05) is 18.2 Å². The van der Waals surface area contributed by atoms with Gasteiger partial charge in [-0.2, -0.15) is 0 Å². The third kappa shape index (κ3) is 3.67. The second kappa shape index (κ2) is 5.40. The van der Waals surface area contributed by atoms with Gasteiger partial charge >= 0.3 is 0 Å². The second-order valence-corrected chi connectivity index (χ2v) is 8.72. The lowest BCUT2D eigenvalue weighted by molar-refractivity contribution is -0.103. The monoisotopic (exact) mass is 289 g/mol. The van der Waals surface area contributed by atoms with Crippen LogP contribution in [-0.4, -0.2) is 28.6 Å². The zero-order chi connectivity index (χ0) is 15.9. The molecule has 1 heterocycles. The maximum Gasteiger partial charge on any atom is 0.103 e. The minimum atomic E-state index is -0.745. The number of benzene rings is 1. The van der Waals surface area contributed by atoms with Gasteiger partial charge in [0.05, 0.1) is 0 Å². The van der Waals surface area contributed by atoms with Gasteiger partial charge in [-0.15, -0.1) is 0 Å². The highest BCUT2D eigenvalue weighted by atomic mass is 16.3. The number of hydrogen-bond donors (Lipinski definition) is 1. The van der Waals surface area contributed by atoms with Crippen molar-refractivity contribution < 1.29 is 5.11 Å². The van der Waals surface area contributed by atoms with Gasteiger partial charge in [0.25, 0.3) is 0 Å². The van der Waals surface area contributed by atoms with E-state index in [2.05, 4.69) is 58.6 Å². The maximum absolute atomic E-state index is 11.4. The standard InChI is InChI=1S/C19H31NO/c1-17(2,3)16-12-19(21,15-10-8-7-9-11-15)14-20(13-16)18(4,5)6/h7-11,16,21H,12-14H2,1-6H3. The molecule has 21 heavy (non-hydrogen) atoms. The van der Waals surface area contributed by atoms with Gasteiger partial charge in [-0.05, 0) is 44.1 Å². The second-order valence-electron chi connectivity index (χ2n) is 8.72. The Labute approximate surface area is 130 Å². The number of likely N-dealkylation sites (tertiary alicyclic amines) is 1. The highest BCUT2D eigenvalue weighted by Gasteiger charge is 2.45. The molecule has 2 unspecified atom stereocenters. The third-order valence-electron chi connectivity index (χ3n) is 4.96. The Kier molecular flexibility index (Phi) is 4.25. The first-order valence-corrected chi connectivity index (χ1v) is 8.05. The molecule has 1 saturated heterocycles. The topological polar surface area (TPSA) is 23.5 Å². The summed E-state index contributed by atoms with van der Waals surface area (Å²) in [4.78, 5) is 2.44. The van der Waals surface area contributed by atoms with Gasteiger partial charge in [0.2, 0.25) is 0 Å². The van der Waals surface area contributed by atoms with E-state index in [9.17, 15) is 5.11 Å². The van der Waals surface area contributed by atoms with Crippen LogP contribution in [0.2, 0.25) is 0 Å². The van der Waals surface area contributed by atoms with E-state index in [4.69, 9.17) is 0 Å². The maximum atomic E-state index is 11.4. The van der Waals surface area contributed by atoms with Crippen molar-refractivity contribution in [2.45, 2.75) is 59.1 Å².